The van der Waals surface area contributed by atoms with E-state index < -0.39 is 10.8 Å². The molecular formula is C16H14N2O5. The number of nitro benzene ring substituents is 1. The number of rotatable bonds is 6. The molecule has 1 heterocycles. The van der Waals surface area contributed by atoms with Crippen molar-refractivity contribution in [2.75, 3.05) is 18.5 Å². The number of carbonyl (C=O) groups excluding carboxylic acids is 1. The van der Waals surface area contributed by atoms with Crippen LogP contribution < -0.4 is 10.1 Å². The summed E-state index contributed by atoms with van der Waals surface area (Å²) < 4.78 is 10.5. The molecule has 3 rings (SSSR count). The maximum atomic E-state index is 12.4. The van der Waals surface area contributed by atoms with Crippen molar-refractivity contribution < 1.29 is 19.2 Å². The monoisotopic (exact) mass is 314 g/mol. The summed E-state index contributed by atoms with van der Waals surface area (Å²) in [5.41, 5.74) is 0.468. The summed E-state index contributed by atoms with van der Waals surface area (Å²) in [6.45, 7) is 0.739. The fourth-order valence-electron chi connectivity index (χ4n) is 2.06. The molecule has 0 radical (unpaired) electrons. The average molecular weight is 314 g/mol. The molecule has 118 valence electrons. The summed E-state index contributed by atoms with van der Waals surface area (Å²) in [5, 5.41) is 13.9. The highest BCUT2D eigenvalue weighted by molar-refractivity contribution is 6.07. The Balaban J connectivity index is 1.88. The van der Waals surface area contributed by atoms with Crippen LogP contribution in [0, 0.1) is 10.1 Å². The first kappa shape index (κ1) is 15.0. The van der Waals surface area contributed by atoms with Gasteiger partial charge in [0.15, 0.2) is 0 Å². The lowest BCUT2D eigenvalue weighted by atomic mass is 10.1. The first-order valence-corrected chi connectivity index (χ1v) is 7.03. The molecule has 0 spiro atoms. The lowest BCUT2D eigenvalue weighted by Gasteiger charge is -2.11. The molecular weight excluding hydrogens is 300 g/mol. The summed E-state index contributed by atoms with van der Waals surface area (Å²) in [7, 11) is 0. The number of hydrogen-bond donors (Lipinski definition) is 1. The Bertz CT molecular complexity index is 729. The van der Waals surface area contributed by atoms with Crippen LogP contribution in [0.3, 0.4) is 0 Å². The molecule has 2 aromatic carbocycles. The number of carbonyl (C=O) groups is 1. The number of epoxide rings is 1. The first-order valence-electron chi connectivity index (χ1n) is 7.03. The minimum absolute atomic E-state index is 0.0403. The van der Waals surface area contributed by atoms with Crippen molar-refractivity contribution >= 4 is 17.3 Å². The Morgan fingerprint density at radius 2 is 2.00 bits per heavy atom. The second-order valence-corrected chi connectivity index (χ2v) is 5.00. The SMILES string of the molecule is O=C(Nc1ccccc1)c1cccc([N+](=O)[O-])c1OCC1CO1. The van der Waals surface area contributed by atoms with Crippen LogP contribution in [0.5, 0.6) is 5.75 Å². The second-order valence-electron chi connectivity index (χ2n) is 5.00. The summed E-state index contributed by atoms with van der Waals surface area (Å²) in [6, 6.07) is 13.1. The van der Waals surface area contributed by atoms with Crippen LogP contribution in [-0.4, -0.2) is 30.1 Å². The zero-order valence-electron chi connectivity index (χ0n) is 12.1. The number of ether oxygens (including phenoxy) is 2. The number of amides is 1. The molecule has 0 bridgehead atoms. The zero-order valence-corrected chi connectivity index (χ0v) is 12.1. The minimum atomic E-state index is -0.567. The molecule has 1 amide bonds. The molecule has 0 aromatic heterocycles. The van der Waals surface area contributed by atoms with Crippen LogP contribution in [0.1, 0.15) is 10.4 Å². The molecule has 1 atom stereocenters. The molecule has 1 aliphatic heterocycles. The van der Waals surface area contributed by atoms with Crippen molar-refractivity contribution in [3.63, 3.8) is 0 Å². The predicted molar refractivity (Wildman–Crippen MR) is 82.7 cm³/mol. The Morgan fingerprint density at radius 3 is 2.65 bits per heavy atom. The normalized spacial score (nSPS) is 15.7. The van der Waals surface area contributed by atoms with E-state index in [1.165, 1.54) is 18.2 Å². The van der Waals surface area contributed by atoms with Crippen LogP contribution >= 0.6 is 0 Å². The van der Waals surface area contributed by atoms with Crippen molar-refractivity contribution in [1.29, 1.82) is 0 Å². The number of benzene rings is 2. The number of para-hydroxylation sites is 2. The van der Waals surface area contributed by atoms with Crippen LogP contribution in [0.2, 0.25) is 0 Å². The third-order valence-corrected chi connectivity index (χ3v) is 3.28. The number of anilines is 1. The number of nitro groups is 1. The van der Waals surface area contributed by atoms with Gasteiger partial charge < -0.3 is 14.8 Å². The van der Waals surface area contributed by atoms with E-state index in [1.54, 1.807) is 24.3 Å². The quantitative estimate of drug-likeness (QED) is 0.502. The molecule has 0 saturated carbocycles. The number of nitrogens with one attached hydrogen (secondary N) is 1. The van der Waals surface area contributed by atoms with E-state index in [4.69, 9.17) is 9.47 Å². The van der Waals surface area contributed by atoms with Gasteiger partial charge in [-0.3, -0.25) is 14.9 Å². The molecule has 7 nitrogen and oxygen atoms in total. The lowest BCUT2D eigenvalue weighted by molar-refractivity contribution is -0.385. The smallest absolute Gasteiger partial charge is 0.311 e. The van der Waals surface area contributed by atoms with Gasteiger partial charge in [0.1, 0.15) is 12.7 Å². The maximum Gasteiger partial charge on any atom is 0.311 e. The molecule has 2 aromatic rings. The topological polar surface area (TPSA) is 94.0 Å². The predicted octanol–water partition coefficient (Wildman–Crippen LogP) is 2.62. The van der Waals surface area contributed by atoms with Crippen molar-refractivity contribution in [3.05, 3.63) is 64.2 Å². The van der Waals surface area contributed by atoms with E-state index in [1.807, 2.05) is 6.07 Å². The fraction of sp³-hybridized carbons (Fsp3) is 0.188. The van der Waals surface area contributed by atoms with Gasteiger partial charge in [0.2, 0.25) is 5.75 Å². The molecule has 7 heteroatoms. The van der Waals surface area contributed by atoms with Gasteiger partial charge in [0.25, 0.3) is 5.91 Å². The molecule has 1 fully saturated rings. The molecule has 1 N–H and O–H groups in total. The maximum absolute atomic E-state index is 12.4. The fourth-order valence-corrected chi connectivity index (χ4v) is 2.06. The Hall–Kier alpha value is -2.93. The molecule has 0 aliphatic carbocycles. The van der Waals surface area contributed by atoms with Gasteiger partial charge in [0.05, 0.1) is 17.1 Å². The first-order chi connectivity index (χ1) is 11.1. The van der Waals surface area contributed by atoms with E-state index in [0.717, 1.165) is 0 Å². The van der Waals surface area contributed by atoms with Crippen LogP contribution in [-0.2, 0) is 4.74 Å². The average Bonchev–Trinajstić information content (AvgIpc) is 3.37. The van der Waals surface area contributed by atoms with Crippen LogP contribution in [0.15, 0.2) is 48.5 Å². The van der Waals surface area contributed by atoms with Crippen molar-refractivity contribution in [2.45, 2.75) is 6.10 Å². The van der Waals surface area contributed by atoms with E-state index in [9.17, 15) is 14.9 Å². The zero-order chi connectivity index (χ0) is 16.2. The van der Waals surface area contributed by atoms with Gasteiger partial charge in [-0.15, -0.1) is 0 Å². The van der Waals surface area contributed by atoms with E-state index in [-0.39, 0.29) is 29.7 Å². The van der Waals surface area contributed by atoms with E-state index in [0.29, 0.717) is 12.3 Å². The molecule has 1 unspecified atom stereocenters. The Morgan fingerprint density at radius 1 is 1.26 bits per heavy atom. The highest BCUT2D eigenvalue weighted by Crippen LogP contribution is 2.32. The van der Waals surface area contributed by atoms with Crippen LogP contribution in [0.4, 0.5) is 11.4 Å². The van der Waals surface area contributed by atoms with E-state index >= 15 is 0 Å². The molecule has 23 heavy (non-hydrogen) atoms. The highest BCUT2D eigenvalue weighted by atomic mass is 16.6. The third-order valence-electron chi connectivity index (χ3n) is 3.28. The van der Waals surface area contributed by atoms with Gasteiger partial charge in [-0.1, -0.05) is 24.3 Å². The van der Waals surface area contributed by atoms with Gasteiger partial charge in [-0.25, -0.2) is 0 Å². The number of hydrogen-bond acceptors (Lipinski definition) is 5. The Labute approximate surface area is 132 Å². The van der Waals surface area contributed by atoms with Gasteiger partial charge >= 0.3 is 5.69 Å². The van der Waals surface area contributed by atoms with Crippen molar-refractivity contribution in [3.8, 4) is 5.75 Å². The lowest BCUT2D eigenvalue weighted by Crippen LogP contribution is -2.16. The van der Waals surface area contributed by atoms with E-state index in [2.05, 4.69) is 5.32 Å². The standard InChI is InChI=1S/C16H14N2O5/c19-16(17-11-5-2-1-3-6-11)13-7-4-8-14(18(20)21)15(13)23-10-12-9-22-12/h1-8,12H,9-10H2,(H,17,19). The molecule has 1 aliphatic rings. The summed E-state index contributed by atoms with van der Waals surface area (Å²) in [4.78, 5) is 23.0. The third kappa shape index (κ3) is 3.64. The van der Waals surface area contributed by atoms with Crippen molar-refractivity contribution in [2.24, 2.45) is 0 Å². The van der Waals surface area contributed by atoms with Crippen molar-refractivity contribution in [1.82, 2.24) is 0 Å². The second kappa shape index (κ2) is 6.45. The summed E-state index contributed by atoms with van der Waals surface area (Å²) >= 11 is 0. The largest absolute Gasteiger partial charge is 0.483 e. The number of nitrogens with zero attached hydrogens (tertiary/aromatic N) is 1. The minimum Gasteiger partial charge on any atom is -0.483 e. The van der Waals surface area contributed by atoms with Gasteiger partial charge in [0, 0.05) is 11.8 Å². The van der Waals surface area contributed by atoms with Gasteiger partial charge in [-0.05, 0) is 18.2 Å². The van der Waals surface area contributed by atoms with Crippen LogP contribution in [0.25, 0.3) is 0 Å². The van der Waals surface area contributed by atoms with Gasteiger partial charge in [-0.2, -0.15) is 0 Å². The molecule has 1 saturated heterocycles. The highest BCUT2D eigenvalue weighted by Gasteiger charge is 2.28. The summed E-state index contributed by atoms with van der Waals surface area (Å²) in [5.74, 6) is -0.506. The Kier molecular flexibility index (Phi) is 4.20. The summed E-state index contributed by atoms with van der Waals surface area (Å²) in [6.07, 6.45) is -0.0696.